The molecule has 17 heavy (non-hydrogen) atoms. The quantitative estimate of drug-likeness (QED) is 0.840. The van der Waals surface area contributed by atoms with Crippen LogP contribution in [-0.4, -0.2) is 5.11 Å². The van der Waals surface area contributed by atoms with Gasteiger partial charge in [-0.15, -0.1) is 11.3 Å². The maximum Gasteiger partial charge on any atom is 0.136 e. The molecular weight excluding hydrogens is 239 g/mol. The van der Waals surface area contributed by atoms with E-state index in [4.69, 9.17) is 4.74 Å². The van der Waals surface area contributed by atoms with Crippen LogP contribution in [-0.2, 0) is 0 Å². The molecule has 0 amide bonds. The van der Waals surface area contributed by atoms with Gasteiger partial charge in [-0.2, -0.15) is 0 Å². The Bertz CT molecular complexity index is 524. The first-order valence-electron chi connectivity index (χ1n) is 5.41. The first-order chi connectivity index (χ1) is 8.24. The second-order valence-corrected chi connectivity index (χ2v) is 5.03. The molecule has 2 heterocycles. The van der Waals surface area contributed by atoms with Crippen LogP contribution in [0.1, 0.15) is 29.1 Å². The van der Waals surface area contributed by atoms with E-state index in [0.717, 1.165) is 4.88 Å². The molecule has 4 heteroatoms. The number of aliphatic hydroxyl groups is 1. The summed E-state index contributed by atoms with van der Waals surface area (Å²) in [5, 5.41) is 12.0. The van der Waals surface area contributed by atoms with Gasteiger partial charge in [0.05, 0.1) is 6.10 Å². The molecule has 0 aliphatic carbocycles. The number of halogens is 1. The SMILES string of the molecule is OC1CC(c2cccs2)Oc2ccc(F)cc21. The molecule has 0 spiro atoms. The molecule has 0 saturated carbocycles. The standard InChI is InChI=1S/C13H11FO2S/c14-8-3-4-11-9(6-8)10(15)7-12(16-11)13-2-1-5-17-13/h1-6,10,12,15H,7H2. The number of hydrogen-bond donors (Lipinski definition) is 1. The molecule has 1 aromatic carbocycles. The van der Waals surface area contributed by atoms with Gasteiger partial charge in [0, 0.05) is 16.9 Å². The predicted octanol–water partition coefficient (Wildman–Crippen LogP) is 3.44. The van der Waals surface area contributed by atoms with Crippen LogP contribution >= 0.6 is 11.3 Å². The van der Waals surface area contributed by atoms with Gasteiger partial charge in [0.15, 0.2) is 0 Å². The maximum atomic E-state index is 13.1. The second kappa shape index (κ2) is 4.13. The number of fused-ring (bicyclic) bond motifs is 1. The third-order valence-electron chi connectivity index (χ3n) is 2.90. The molecule has 2 nitrogen and oxygen atoms in total. The third kappa shape index (κ3) is 1.94. The largest absolute Gasteiger partial charge is 0.484 e. The van der Waals surface area contributed by atoms with Crippen molar-refractivity contribution < 1.29 is 14.2 Å². The van der Waals surface area contributed by atoms with Crippen molar-refractivity contribution in [1.82, 2.24) is 0 Å². The van der Waals surface area contributed by atoms with Crippen LogP contribution in [0.3, 0.4) is 0 Å². The van der Waals surface area contributed by atoms with Crippen molar-refractivity contribution in [3.05, 3.63) is 52.0 Å². The van der Waals surface area contributed by atoms with Crippen molar-refractivity contribution in [3.8, 4) is 5.75 Å². The summed E-state index contributed by atoms with van der Waals surface area (Å²) in [4.78, 5) is 1.08. The molecule has 1 aromatic heterocycles. The van der Waals surface area contributed by atoms with Crippen LogP contribution < -0.4 is 4.74 Å². The van der Waals surface area contributed by atoms with Gasteiger partial charge < -0.3 is 9.84 Å². The van der Waals surface area contributed by atoms with E-state index < -0.39 is 6.10 Å². The molecule has 2 aromatic rings. The number of benzene rings is 1. The zero-order chi connectivity index (χ0) is 11.8. The molecule has 0 radical (unpaired) electrons. The van der Waals surface area contributed by atoms with E-state index in [1.807, 2.05) is 17.5 Å². The van der Waals surface area contributed by atoms with E-state index in [1.54, 1.807) is 17.4 Å². The molecule has 0 fully saturated rings. The van der Waals surface area contributed by atoms with E-state index >= 15 is 0 Å². The molecule has 2 atom stereocenters. The average molecular weight is 250 g/mol. The molecular formula is C13H11FO2S. The van der Waals surface area contributed by atoms with Gasteiger partial charge in [0.2, 0.25) is 0 Å². The van der Waals surface area contributed by atoms with Gasteiger partial charge in [-0.3, -0.25) is 0 Å². The topological polar surface area (TPSA) is 29.5 Å². The van der Waals surface area contributed by atoms with Gasteiger partial charge in [-0.05, 0) is 29.6 Å². The lowest BCUT2D eigenvalue weighted by Gasteiger charge is -2.29. The zero-order valence-electron chi connectivity index (χ0n) is 8.97. The minimum atomic E-state index is -0.665. The summed E-state index contributed by atoms with van der Waals surface area (Å²) in [6, 6.07) is 8.20. The van der Waals surface area contributed by atoms with E-state index in [1.165, 1.54) is 12.1 Å². The monoisotopic (exact) mass is 250 g/mol. The fourth-order valence-electron chi connectivity index (χ4n) is 2.07. The van der Waals surface area contributed by atoms with Gasteiger partial charge in [-0.1, -0.05) is 6.07 Å². The van der Waals surface area contributed by atoms with Crippen molar-refractivity contribution in [1.29, 1.82) is 0 Å². The van der Waals surface area contributed by atoms with Crippen molar-refractivity contribution >= 4 is 11.3 Å². The lowest BCUT2D eigenvalue weighted by molar-refractivity contribution is 0.0670. The second-order valence-electron chi connectivity index (χ2n) is 4.06. The van der Waals surface area contributed by atoms with E-state index in [2.05, 4.69) is 0 Å². The Labute approximate surface area is 102 Å². The molecule has 1 aliphatic rings. The molecule has 0 bridgehead atoms. The van der Waals surface area contributed by atoms with Crippen LogP contribution in [0, 0.1) is 5.82 Å². The first-order valence-corrected chi connectivity index (χ1v) is 6.29. The summed E-state index contributed by atoms with van der Waals surface area (Å²) in [6.07, 6.45) is -0.332. The fourth-order valence-corrected chi connectivity index (χ4v) is 2.83. The Balaban J connectivity index is 1.96. The summed E-state index contributed by atoms with van der Waals surface area (Å²) in [6.45, 7) is 0. The fraction of sp³-hybridized carbons (Fsp3) is 0.231. The highest BCUT2D eigenvalue weighted by atomic mass is 32.1. The van der Waals surface area contributed by atoms with Crippen LogP contribution in [0.25, 0.3) is 0 Å². The van der Waals surface area contributed by atoms with E-state index in [0.29, 0.717) is 17.7 Å². The third-order valence-corrected chi connectivity index (χ3v) is 3.86. The number of thiophene rings is 1. The van der Waals surface area contributed by atoms with Gasteiger partial charge in [-0.25, -0.2) is 4.39 Å². The minimum absolute atomic E-state index is 0.136. The van der Waals surface area contributed by atoms with Gasteiger partial charge >= 0.3 is 0 Å². The Kier molecular flexibility index (Phi) is 2.61. The normalized spacial score (nSPS) is 22.9. The molecule has 1 N–H and O–H groups in total. The zero-order valence-corrected chi connectivity index (χ0v) is 9.78. The average Bonchev–Trinajstić information content (AvgIpc) is 2.83. The summed E-state index contributed by atoms with van der Waals surface area (Å²) < 4.78 is 18.9. The molecule has 2 unspecified atom stereocenters. The predicted molar refractivity (Wildman–Crippen MR) is 63.7 cm³/mol. The first kappa shape index (κ1) is 10.7. The molecule has 3 rings (SSSR count). The number of ether oxygens (including phenoxy) is 1. The van der Waals surface area contributed by atoms with Crippen LogP contribution in [0.15, 0.2) is 35.7 Å². The summed E-state index contributed by atoms with van der Waals surface area (Å²) >= 11 is 1.60. The highest BCUT2D eigenvalue weighted by molar-refractivity contribution is 7.10. The molecule has 88 valence electrons. The van der Waals surface area contributed by atoms with Gasteiger partial charge in [0.1, 0.15) is 17.7 Å². The highest BCUT2D eigenvalue weighted by Gasteiger charge is 2.28. The van der Waals surface area contributed by atoms with Crippen molar-refractivity contribution in [3.63, 3.8) is 0 Å². The minimum Gasteiger partial charge on any atom is -0.484 e. The highest BCUT2D eigenvalue weighted by Crippen LogP contribution is 2.41. The number of hydrogen-bond acceptors (Lipinski definition) is 3. The smallest absolute Gasteiger partial charge is 0.136 e. The van der Waals surface area contributed by atoms with Crippen molar-refractivity contribution in [2.75, 3.05) is 0 Å². The Morgan fingerprint density at radius 1 is 1.35 bits per heavy atom. The Morgan fingerprint density at radius 3 is 3.00 bits per heavy atom. The number of rotatable bonds is 1. The Morgan fingerprint density at radius 2 is 2.24 bits per heavy atom. The van der Waals surface area contributed by atoms with E-state index in [9.17, 15) is 9.50 Å². The van der Waals surface area contributed by atoms with Crippen LogP contribution in [0.2, 0.25) is 0 Å². The summed E-state index contributed by atoms with van der Waals surface area (Å²) in [5.74, 6) is 0.226. The lowest BCUT2D eigenvalue weighted by Crippen LogP contribution is -2.18. The molecule has 0 saturated heterocycles. The van der Waals surface area contributed by atoms with Crippen LogP contribution in [0.5, 0.6) is 5.75 Å². The lowest BCUT2D eigenvalue weighted by atomic mass is 9.98. The van der Waals surface area contributed by atoms with Crippen molar-refractivity contribution in [2.45, 2.75) is 18.6 Å². The van der Waals surface area contributed by atoms with Crippen molar-refractivity contribution in [2.24, 2.45) is 0 Å². The molecule has 1 aliphatic heterocycles. The van der Waals surface area contributed by atoms with Gasteiger partial charge in [0.25, 0.3) is 0 Å². The summed E-state index contributed by atoms with van der Waals surface area (Å²) in [5.41, 5.74) is 0.540. The Hall–Kier alpha value is -1.39. The maximum absolute atomic E-state index is 13.1. The van der Waals surface area contributed by atoms with E-state index in [-0.39, 0.29) is 11.9 Å². The number of aliphatic hydroxyl groups excluding tert-OH is 1. The summed E-state index contributed by atoms with van der Waals surface area (Å²) in [7, 11) is 0. The van der Waals surface area contributed by atoms with Crippen LogP contribution in [0.4, 0.5) is 4.39 Å².